The number of esters is 1. The molecule has 0 aliphatic heterocycles. The van der Waals surface area contributed by atoms with Gasteiger partial charge in [-0.2, -0.15) is 12.1 Å². The Bertz CT molecular complexity index is 716. The molecule has 0 amide bonds. The van der Waals surface area contributed by atoms with Gasteiger partial charge in [-0.3, -0.25) is 4.79 Å². The molecule has 0 fully saturated rings. The summed E-state index contributed by atoms with van der Waals surface area (Å²) in [4.78, 5) is 21.5. The van der Waals surface area contributed by atoms with E-state index >= 15 is 0 Å². The van der Waals surface area contributed by atoms with E-state index in [1.807, 2.05) is 42.5 Å². The van der Waals surface area contributed by atoms with Crippen molar-refractivity contribution in [1.82, 2.24) is 0 Å². The van der Waals surface area contributed by atoms with Crippen LogP contribution in [-0.2, 0) is 28.4 Å². The van der Waals surface area contributed by atoms with E-state index in [-0.39, 0.29) is 23.0 Å². The zero-order valence-electron chi connectivity index (χ0n) is 12.7. The Morgan fingerprint density at radius 2 is 1.58 bits per heavy atom. The molecule has 0 unspecified atom stereocenters. The van der Waals surface area contributed by atoms with Crippen molar-refractivity contribution >= 4 is 11.9 Å². The molecular formula is C19H16FeO4-6. The summed E-state index contributed by atoms with van der Waals surface area (Å²) in [6, 6.07) is 23.3. The summed E-state index contributed by atoms with van der Waals surface area (Å²) in [6.07, 6.45) is 0. The van der Waals surface area contributed by atoms with Crippen molar-refractivity contribution in [2.45, 2.75) is 6.61 Å². The van der Waals surface area contributed by atoms with E-state index in [2.05, 4.69) is 0 Å². The van der Waals surface area contributed by atoms with Gasteiger partial charge in [-0.1, -0.05) is 41.9 Å². The van der Waals surface area contributed by atoms with Crippen molar-refractivity contribution in [3.05, 3.63) is 95.6 Å². The molecule has 0 radical (unpaired) electrons. The summed E-state index contributed by atoms with van der Waals surface area (Å²) in [5, 5.41) is 8.27. The van der Waals surface area contributed by atoms with Crippen molar-refractivity contribution < 1.29 is 36.5 Å². The second-order valence-corrected chi connectivity index (χ2v) is 4.71. The van der Waals surface area contributed by atoms with Crippen molar-refractivity contribution in [3.8, 4) is 0 Å². The van der Waals surface area contributed by atoms with Crippen LogP contribution in [0.5, 0.6) is 0 Å². The second kappa shape index (κ2) is 10.2. The normalized spacial score (nSPS) is 9.17. The van der Waals surface area contributed by atoms with E-state index in [0.29, 0.717) is 17.7 Å². The Balaban J connectivity index is 0.000000273. The Morgan fingerprint density at radius 1 is 1.00 bits per heavy atom. The van der Waals surface area contributed by atoms with Crippen molar-refractivity contribution in [3.63, 3.8) is 0 Å². The maximum absolute atomic E-state index is 11.5. The summed E-state index contributed by atoms with van der Waals surface area (Å²) in [5.74, 6) is -1.14. The van der Waals surface area contributed by atoms with Gasteiger partial charge in [-0.25, -0.2) is 12.1 Å². The van der Waals surface area contributed by atoms with Crippen molar-refractivity contribution in [1.29, 1.82) is 0 Å². The van der Waals surface area contributed by atoms with Gasteiger partial charge < -0.3 is 44.5 Å². The Labute approximate surface area is 150 Å². The van der Waals surface area contributed by atoms with Gasteiger partial charge in [0.15, 0.2) is 0 Å². The SMILES string of the molecule is O=C(O)[c-]1cccc1.O=C(OCc1ccccc1)[c-]1[cH-][cH-][cH-][cH-]1.[Fe]. The van der Waals surface area contributed by atoms with E-state index in [1.165, 1.54) is 0 Å². The van der Waals surface area contributed by atoms with Gasteiger partial charge in [-0.05, 0) is 5.56 Å². The molecule has 0 bridgehead atoms. The van der Waals surface area contributed by atoms with Crippen molar-refractivity contribution in [2.75, 3.05) is 0 Å². The van der Waals surface area contributed by atoms with Crippen LogP contribution in [0, 0.1) is 0 Å². The molecule has 24 heavy (non-hydrogen) atoms. The van der Waals surface area contributed by atoms with E-state index in [9.17, 15) is 9.59 Å². The summed E-state index contributed by atoms with van der Waals surface area (Å²) in [7, 11) is 0. The Morgan fingerprint density at radius 3 is 2.08 bits per heavy atom. The first-order valence-electron chi connectivity index (χ1n) is 7.04. The van der Waals surface area contributed by atoms with Crippen LogP contribution in [0.1, 0.15) is 26.3 Å². The predicted molar refractivity (Wildman–Crippen MR) is 86.6 cm³/mol. The van der Waals surface area contributed by atoms with Crippen LogP contribution >= 0.6 is 0 Å². The van der Waals surface area contributed by atoms with Crippen LogP contribution < -0.4 is 0 Å². The summed E-state index contributed by atoms with van der Waals surface area (Å²) < 4.78 is 5.13. The van der Waals surface area contributed by atoms with Crippen LogP contribution in [0.2, 0.25) is 0 Å². The minimum Gasteiger partial charge on any atom is -0.680 e. The smallest absolute Gasteiger partial charge is 0.278 e. The van der Waals surface area contributed by atoms with Gasteiger partial charge in [0.2, 0.25) is 0 Å². The molecule has 3 aromatic carbocycles. The van der Waals surface area contributed by atoms with Crippen molar-refractivity contribution in [2.24, 2.45) is 0 Å². The Hall–Kier alpha value is -2.62. The van der Waals surface area contributed by atoms with E-state index in [4.69, 9.17) is 9.84 Å². The molecule has 1 N–H and O–H groups in total. The average Bonchev–Trinajstić information content (AvgIpc) is 3.27. The maximum atomic E-state index is 11.5. The quantitative estimate of drug-likeness (QED) is 0.434. The number of carboxylic acid groups (broad SMARTS) is 1. The van der Waals surface area contributed by atoms with Gasteiger partial charge >= 0.3 is 0 Å². The molecule has 0 heterocycles. The van der Waals surface area contributed by atoms with Crippen LogP contribution in [0.25, 0.3) is 0 Å². The fourth-order valence-corrected chi connectivity index (χ4v) is 1.83. The number of carbonyl (C=O) groups is 2. The molecule has 0 atom stereocenters. The number of carboxylic acids is 1. The number of benzene rings is 1. The van der Waals surface area contributed by atoms with Crippen LogP contribution in [0.4, 0.5) is 0 Å². The fraction of sp³-hybridized carbons (Fsp3) is 0.0526. The molecule has 0 spiro atoms. The zero-order chi connectivity index (χ0) is 16.5. The molecule has 3 rings (SSSR count). The first kappa shape index (κ1) is 19.4. The van der Waals surface area contributed by atoms with E-state index in [0.717, 1.165) is 5.56 Å². The van der Waals surface area contributed by atoms with E-state index < -0.39 is 5.97 Å². The summed E-state index contributed by atoms with van der Waals surface area (Å²) >= 11 is 0. The zero-order valence-corrected chi connectivity index (χ0v) is 13.8. The molecule has 5 heteroatoms. The summed E-state index contributed by atoms with van der Waals surface area (Å²) in [6.45, 7) is 0.324. The van der Waals surface area contributed by atoms with Gasteiger partial charge in [0.05, 0.1) is 6.61 Å². The topological polar surface area (TPSA) is 63.6 Å². The number of hydrogen-bond donors (Lipinski definition) is 1. The minimum absolute atomic E-state index is 0. The number of rotatable bonds is 4. The molecule has 4 nitrogen and oxygen atoms in total. The first-order chi connectivity index (χ1) is 11.2. The van der Waals surface area contributed by atoms with Crippen LogP contribution in [0.15, 0.2) is 78.9 Å². The van der Waals surface area contributed by atoms with Gasteiger partial charge in [0.25, 0.3) is 5.97 Å². The Kier molecular flexibility index (Phi) is 8.26. The van der Waals surface area contributed by atoms with Crippen LogP contribution in [-0.4, -0.2) is 17.0 Å². The number of aromatic carboxylic acids is 1. The number of hydrogen-bond acceptors (Lipinski definition) is 3. The monoisotopic (exact) mass is 364 g/mol. The molecule has 130 valence electrons. The molecule has 0 aliphatic rings. The minimum atomic E-state index is -0.866. The predicted octanol–water partition coefficient (Wildman–Crippen LogP) is 3.86. The maximum Gasteiger partial charge on any atom is 0.278 e. The molecule has 0 saturated carbocycles. The van der Waals surface area contributed by atoms with Gasteiger partial charge in [0, 0.05) is 17.1 Å². The first-order valence-corrected chi connectivity index (χ1v) is 7.04. The third-order valence-electron chi connectivity index (χ3n) is 3.02. The molecule has 0 aromatic heterocycles. The fourth-order valence-electron chi connectivity index (χ4n) is 1.83. The second-order valence-electron chi connectivity index (χ2n) is 4.71. The molecule has 3 aromatic rings. The third-order valence-corrected chi connectivity index (χ3v) is 3.02. The molecule has 0 saturated heterocycles. The third kappa shape index (κ3) is 6.24. The number of ether oxygens (including phenoxy) is 1. The van der Waals surface area contributed by atoms with Gasteiger partial charge in [-0.15, -0.1) is 0 Å². The summed E-state index contributed by atoms with van der Waals surface area (Å²) in [5.41, 5.74) is 1.95. The standard InChI is InChI=1S/C13H11O2.C6H5O2.Fe/c14-13(12-8-4-5-9-12)15-10-11-6-2-1-3-7-11;7-6(8)5-3-1-2-4-5;/h1-9H,10H2;1-4H,(H,7,8);/q-5;-1;. The van der Waals surface area contributed by atoms with E-state index in [1.54, 1.807) is 36.4 Å². The van der Waals surface area contributed by atoms with Crippen LogP contribution in [0.3, 0.4) is 0 Å². The molecular weight excluding hydrogens is 348 g/mol. The average molecular weight is 364 g/mol. The largest absolute Gasteiger partial charge is 0.680 e. The molecule has 0 aliphatic carbocycles. The number of carbonyl (C=O) groups excluding carboxylic acids is 1. The van der Waals surface area contributed by atoms with Gasteiger partial charge in [0.1, 0.15) is 0 Å².